The third-order valence-corrected chi connectivity index (χ3v) is 7.78. The number of pyridine rings is 1. The second-order valence-electron chi connectivity index (χ2n) is 9.84. The third kappa shape index (κ3) is 3.73. The number of amidine groups is 1. The average Bonchev–Trinajstić information content (AvgIpc) is 3.00. The Kier molecular flexibility index (Phi) is 5.94. The fourth-order valence-electron chi connectivity index (χ4n) is 5.49. The number of carbonyl (C=O) groups is 1. The number of carbonyl (C=O) groups excluding carboxylic acids is 1. The van der Waals surface area contributed by atoms with Crippen LogP contribution < -0.4 is 31.8 Å². The van der Waals surface area contributed by atoms with Gasteiger partial charge in [-0.3, -0.25) is 14.6 Å². The molecule has 9 nitrogen and oxygen atoms in total. The zero-order valence-electron chi connectivity index (χ0n) is 20.7. The largest absolute Gasteiger partial charge is 0.489 e. The number of nitrogens with zero attached hydrogens (tertiary/aromatic N) is 2. The van der Waals surface area contributed by atoms with E-state index < -0.39 is 5.91 Å². The van der Waals surface area contributed by atoms with Crippen LogP contribution in [0.25, 0.3) is 10.9 Å². The molecule has 2 aromatic rings. The molecule has 1 spiro atoms. The number of nitrogens with one attached hydrogen (secondary N) is 3. The summed E-state index contributed by atoms with van der Waals surface area (Å²) in [5, 5.41) is 9.69. The van der Waals surface area contributed by atoms with Crippen molar-refractivity contribution in [2.75, 3.05) is 37.8 Å². The van der Waals surface area contributed by atoms with Gasteiger partial charge in [-0.15, -0.1) is 0 Å². The van der Waals surface area contributed by atoms with E-state index in [4.69, 9.17) is 15.5 Å². The Bertz CT molecular complexity index is 1300. The van der Waals surface area contributed by atoms with Crippen molar-refractivity contribution in [2.45, 2.75) is 51.5 Å². The van der Waals surface area contributed by atoms with E-state index in [1.807, 2.05) is 13.1 Å². The summed E-state index contributed by atoms with van der Waals surface area (Å²) >= 11 is 0. The molecule has 186 valence electrons. The van der Waals surface area contributed by atoms with Crippen LogP contribution in [0.5, 0.6) is 5.75 Å². The van der Waals surface area contributed by atoms with E-state index >= 15 is 0 Å². The number of fused-ring (bicyclic) bond motifs is 1. The number of aliphatic imine (C=N–C) groups is 1. The SMILES string of the molecule is CNC(=O)c1cn2c3c(c(NCCN=C4NC=CCC4C)c(C)c(N)c3c1=O)OCCC21CCC1. The van der Waals surface area contributed by atoms with E-state index in [0.29, 0.717) is 48.0 Å². The highest BCUT2D eigenvalue weighted by molar-refractivity contribution is 6.05. The molecule has 1 saturated carbocycles. The standard InChI is InChI=1S/C26H34N6O3/c1-15-6-4-10-30-24(15)31-12-11-29-20-16(2)19(27)18-21-23(20)35-13-9-26(7-5-8-26)32(21)14-17(22(18)33)25(34)28-3/h4,10,14-15,29H,5-9,11-13,27H2,1-3H3,(H,28,34)(H,30,31). The Morgan fingerprint density at radius 1 is 1.37 bits per heavy atom. The number of benzene rings is 1. The number of hydrogen-bond donors (Lipinski definition) is 4. The molecule has 0 bridgehead atoms. The Balaban J connectivity index is 1.61. The molecule has 1 unspecified atom stereocenters. The monoisotopic (exact) mass is 478 g/mol. The number of nitrogen functional groups attached to an aromatic ring is 1. The fraction of sp³-hybridized carbons (Fsp3) is 0.500. The van der Waals surface area contributed by atoms with Gasteiger partial charge in [0.2, 0.25) is 5.43 Å². The number of nitrogens with two attached hydrogens (primary N) is 1. The molecular weight excluding hydrogens is 444 g/mol. The first-order valence-corrected chi connectivity index (χ1v) is 12.4. The Hall–Kier alpha value is -3.49. The minimum atomic E-state index is -0.402. The summed E-state index contributed by atoms with van der Waals surface area (Å²) in [6, 6.07) is 0. The van der Waals surface area contributed by atoms with E-state index in [0.717, 1.165) is 49.2 Å². The van der Waals surface area contributed by atoms with Gasteiger partial charge in [0, 0.05) is 37.7 Å². The molecule has 5 rings (SSSR count). The van der Waals surface area contributed by atoms with Crippen LogP contribution in [0.2, 0.25) is 0 Å². The molecule has 3 heterocycles. The molecule has 1 aromatic carbocycles. The maximum absolute atomic E-state index is 13.5. The molecule has 2 aliphatic heterocycles. The lowest BCUT2D eigenvalue weighted by molar-refractivity contribution is 0.0956. The summed E-state index contributed by atoms with van der Waals surface area (Å²) in [7, 11) is 1.53. The Morgan fingerprint density at radius 3 is 2.86 bits per heavy atom. The van der Waals surface area contributed by atoms with Crippen LogP contribution in [0.15, 0.2) is 28.3 Å². The molecule has 0 saturated heterocycles. The number of rotatable bonds is 5. The lowest BCUT2D eigenvalue weighted by atomic mass is 9.74. The smallest absolute Gasteiger partial charge is 0.256 e. The van der Waals surface area contributed by atoms with Crippen molar-refractivity contribution < 1.29 is 9.53 Å². The van der Waals surface area contributed by atoms with Gasteiger partial charge in [0.15, 0.2) is 5.75 Å². The van der Waals surface area contributed by atoms with Gasteiger partial charge < -0.3 is 31.0 Å². The molecule has 1 aromatic heterocycles. The zero-order chi connectivity index (χ0) is 24.7. The lowest BCUT2D eigenvalue weighted by Gasteiger charge is -2.44. The van der Waals surface area contributed by atoms with Crippen LogP contribution in [-0.4, -0.2) is 43.1 Å². The van der Waals surface area contributed by atoms with Gasteiger partial charge in [-0.1, -0.05) is 13.0 Å². The topological polar surface area (TPSA) is 123 Å². The zero-order valence-corrected chi connectivity index (χ0v) is 20.7. The first-order valence-electron chi connectivity index (χ1n) is 12.4. The normalized spacial score (nSPS) is 21.2. The van der Waals surface area contributed by atoms with Gasteiger partial charge in [-0.05, 0) is 44.4 Å². The van der Waals surface area contributed by atoms with Crippen LogP contribution in [0.3, 0.4) is 0 Å². The van der Waals surface area contributed by atoms with Gasteiger partial charge in [0.25, 0.3) is 5.91 Å². The van der Waals surface area contributed by atoms with E-state index in [1.165, 1.54) is 7.05 Å². The van der Waals surface area contributed by atoms with E-state index in [9.17, 15) is 9.59 Å². The second kappa shape index (κ2) is 8.94. The van der Waals surface area contributed by atoms with Crippen molar-refractivity contribution in [1.29, 1.82) is 0 Å². The van der Waals surface area contributed by atoms with Gasteiger partial charge in [0.05, 0.1) is 35.4 Å². The van der Waals surface area contributed by atoms with Crippen molar-refractivity contribution in [1.82, 2.24) is 15.2 Å². The predicted molar refractivity (Wildman–Crippen MR) is 140 cm³/mol. The van der Waals surface area contributed by atoms with Crippen molar-refractivity contribution >= 4 is 34.0 Å². The highest BCUT2D eigenvalue weighted by atomic mass is 16.5. The van der Waals surface area contributed by atoms with Gasteiger partial charge in [-0.25, -0.2) is 0 Å². The minimum Gasteiger partial charge on any atom is -0.489 e. The van der Waals surface area contributed by atoms with Crippen LogP contribution in [0, 0.1) is 12.8 Å². The van der Waals surface area contributed by atoms with Gasteiger partial charge >= 0.3 is 0 Å². The molecule has 9 heteroatoms. The van der Waals surface area contributed by atoms with Crippen LogP contribution in [0.4, 0.5) is 11.4 Å². The van der Waals surface area contributed by atoms with Gasteiger partial charge in [0.1, 0.15) is 11.4 Å². The molecule has 3 aliphatic rings. The first kappa shape index (κ1) is 23.3. The predicted octanol–water partition coefficient (Wildman–Crippen LogP) is 2.87. The van der Waals surface area contributed by atoms with Crippen molar-refractivity contribution in [3.8, 4) is 5.75 Å². The summed E-state index contributed by atoms with van der Waals surface area (Å²) in [5.41, 5.74) is 8.79. The number of allylic oxidation sites excluding steroid dienone is 1. The number of aromatic nitrogens is 1. The summed E-state index contributed by atoms with van der Waals surface area (Å²) in [4.78, 5) is 30.8. The quantitative estimate of drug-likeness (QED) is 0.387. The Morgan fingerprint density at radius 2 is 2.17 bits per heavy atom. The molecular formula is C26H34N6O3. The van der Waals surface area contributed by atoms with Crippen molar-refractivity contribution in [3.05, 3.63) is 39.8 Å². The van der Waals surface area contributed by atoms with E-state index in [1.54, 1.807) is 6.20 Å². The highest BCUT2D eigenvalue weighted by Crippen LogP contribution is 2.50. The maximum atomic E-state index is 13.5. The van der Waals surface area contributed by atoms with Crippen LogP contribution in [-0.2, 0) is 5.54 Å². The number of hydrogen-bond acceptors (Lipinski definition) is 6. The highest BCUT2D eigenvalue weighted by Gasteiger charge is 2.42. The third-order valence-electron chi connectivity index (χ3n) is 7.78. The fourth-order valence-corrected chi connectivity index (χ4v) is 5.49. The van der Waals surface area contributed by atoms with Crippen molar-refractivity contribution in [3.63, 3.8) is 0 Å². The number of anilines is 2. The second-order valence-corrected chi connectivity index (χ2v) is 9.84. The van der Waals surface area contributed by atoms with E-state index in [-0.39, 0.29) is 16.5 Å². The summed E-state index contributed by atoms with van der Waals surface area (Å²) in [5.74, 6) is 1.59. The average molecular weight is 479 g/mol. The minimum absolute atomic E-state index is 0.116. The lowest BCUT2D eigenvalue weighted by Crippen LogP contribution is -2.42. The van der Waals surface area contributed by atoms with Gasteiger partial charge in [-0.2, -0.15) is 0 Å². The molecule has 1 atom stereocenters. The van der Waals surface area contributed by atoms with Crippen LogP contribution >= 0.6 is 0 Å². The number of amides is 1. The molecule has 1 amide bonds. The molecule has 1 fully saturated rings. The first-order chi connectivity index (χ1) is 16.9. The summed E-state index contributed by atoms with van der Waals surface area (Å²) in [6.45, 7) is 5.76. The molecule has 1 aliphatic carbocycles. The van der Waals surface area contributed by atoms with Crippen LogP contribution in [0.1, 0.15) is 54.9 Å². The molecule has 35 heavy (non-hydrogen) atoms. The molecule has 5 N–H and O–H groups in total. The number of ether oxygens (including phenoxy) is 1. The van der Waals surface area contributed by atoms with Crippen molar-refractivity contribution in [2.24, 2.45) is 10.9 Å². The maximum Gasteiger partial charge on any atom is 0.256 e. The summed E-state index contributed by atoms with van der Waals surface area (Å²) < 4.78 is 8.44. The molecule has 0 radical (unpaired) electrons. The summed E-state index contributed by atoms with van der Waals surface area (Å²) in [6.07, 6.45) is 10.6. The van der Waals surface area contributed by atoms with E-state index in [2.05, 4.69) is 33.5 Å². The Labute approximate surface area is 204 Å².